The van der Waals surface area contributed by atoms with Crippen LogP contribution in [0.4, 0.5) is 0 Å². The maximum absolute atomic E-state index is 12.4. The molecule has 20 heavy (non-hydrogen) atoms. The van der Waals surface area contributed by atoms with Crippen LogP contribution in [0.5, 0.6) is 0 Å². The summed E-state index contributed by atoms with van der Waals surface area (Å²) in [7, 11) is 0. The van der Waals surface area contributed by atoms with Gasteiger partial charge in [-0.3, -0.25) is 4.79 Å². The van der Waals surface area contributed by atoms with E-state index in [4.69, 9.17) is 0 Å². The minimum absolute atomic E-state index is 0.0434. The number of carbonyl (C=O) groups is 1. The standard InChI is InChI=1S/C15H18N2OS2/c1-9-5-6-11(8-9)17-14(18)13-10(2)16-15(20-13)12-4-3-7-19-12/h3-4,7,9,11H,5-6,8H2,1-2H3,(H,17,18). The number of amides is 1. The Bertz CT molecular complexity index is 603. The molecule has 1 aliphatic carbocycles. The van der Waals surface area contributed by atoms with E-state index >= 15 is 0 Å². The Hall–Kier alpha value is -1.20. The van der Waals surface area contributed by atoms with Gasteiger partial charge in [0.05, 0.1) is 10.6 Å². The molecular weight excluding hydrogens is 288 g/mol. The average molecular weight is 306 g/mol. The lowest BCUT2D eigenvalue weighted by Gasteiger charge is -2.11. The van der Waals surface area contributed by atoms with E-state index in [2.05, 4.69) is 17.2 Å². The quantitative estimate of drug-likeness (QED) is 0.927. The number of hydrogen-bond acceptors (Lipinski definition) is 4. The Labute approximate surface area is 127 Å². The Morgan fingerprint density at radius 2 is 2.30 bits per heavy atom. The molecule has 1 amide bonds. The molecule has 1 N–H and O–H groups in total. The van der Waals surface area contributed by atoms with Gasteiger partial charge in [0, 0.05) is 6.04 Å². The number of nitrogens with one attached hydrogen (secondary N) is 1. The smallest absolute Gasteiger partial charge is 0.263 e. The highest BCUT2D eigenvalue weighted by atomic mass is 32.1. The molecule has 2 heterocycles. The van der Waals surface area contributed by atoms with Crippen LogP contribution in [-0.2, 0) is 0 Å². The number of rotatable bonds is 3. The number of aromatic nitrogens is 1. The maximum Gasteiger partial charge on any atom is 0.263 e. The van der Waals surface area contributed by atoms with Gasteiger partial charge in [-0.2, -0.15) is 0 Å². The second kappa shape index (κ2) is 5.66. The van der Waals surface area contributed by atoms with Crippen molar-refractivity contribution >= 4 is 28.6 Å². The summed E-state index contributed by atoms with van der Waals surface area (Å²) in [6.45, 7) is 4.17. The van der Waals surface area contributed by atoms with E-state index in [1.54, 1.807) is 11.3 Å². The monoisotopic (exact) mass is 306 g/mol. The molecule has 1 aliphatic rings. The highest BCUT2D eigenvalue weighted by Gasteiger charge is 2.25. The molecule has 2 aromatic rings. The zero-order valence-electron chi connectivity index (χ0n) is 11.7. The fourth-order valence-corrected chi connectivity index (χ4v) is 4.47. The van der Waals surface area contributed by atoms with E-state index in [0.717, 1.165) is 39.2 Å². The molecule has 5 heteroatoms. The second-order valence-corrected chi connectivity index (χ2v) is 7.45. The molecule has 3 rings (SSSR count). The molecule has 2 unspecified atom stereocenters. The minimum atomic E-state index is 0.0434. The van der Waals surface area contributed by atoms with Crippen molar-refractivity contribution in [2.45, 2.75) is 39.2 Å². The predicted molar refractivity (Wildman–Crippen MR) is 84.4 cm³/mol. The summed E-state index contributed by atoms with van der Waals surface area (Å²) in [5.74, 6) is 0.770. The van der Waals surface area contributed by atoms with Crippen molar-refractivity contribution in [3.05, 3.63) is 28.1 Å². The number of aryl methyl sites for hydroxylation is 1. The van der Waals surface area contributed by atoms with E-state index in [1.165, 1.54) is 17.8 Å². The summed E-state index contributed by atoms with van der Waals surface area (Å²) in [6.07, 6.45) is 3.41. The van der Waals surface area contributed by atoms with E-state index in [0.29, 0.717) is 6.04 Å². The van der Waals surface area contributed by atoms with Crippen molar-refractivity contribution in [3.8, 4) is 9.88 Å². The molecule has 0 saturated heterocycles. The summed E-state index contributed by atoms with van der Waals surface area (Å²) < 4.78 is 0. The summed E-state index contributed by atoms with van der Waals surface area (Å²) in [4.78, 5) is 18.8. The minimum Gasteiger partial charge on any atom is -0.349 e. The van der Waals surface area contributed by atoms with Crippen LogP contribution >= 0.6 is 22.7 Å². The van der Waals surface area contributed by atoms with Crippen molar-refractivity contribution < 1.29 is 4.79 Å². The summed E-state index contributed by atoms with van der Waals surface area (Å²) >= 11 is 3.16. The van der Waals surface area contributed by atoms with Gasteiger partial charge in [-0.1, -0.05) is 13.0 Å². The van der Waals surface area contributed by atoms with Crippen molar-refractivity contribution in [1.29, 1.82) is 0 Å². The number of hydrogen-bond donors (Lipinski definition) is 1. The first kappa shape index (κ1) is 13.8. The molecule has 0 aromatic carbocycles. The molecule has 3 nitrogen and oxygen atoms in total. The zero-order chi connectivity index (χ0) is 14.1. The predicted octanol–water partition coefficient (Wildman–Crippen LogP) is 4.10. The van der Waals surface area contributed by atoms with Crippen LogP contribution in [0, 0.1) is 12.8 Å². The maximum atomic E-state index is 12.4. The molecule has 1 fully saturated rings. The lowest BCUT2D eigenvalue weighted by Crippen LogP contribution is -2.32. The van der Waals surface area contributed by atoms with Gasteiger partial charge in [-0.05, 0) is 43.6 Å². The van der Waals surface area contributed by atoms with Crippen LogP contribution in [0.1, 0.15) is 41.6 Å². The van der Waals surface area contributed by atoms with Crippen molar-refractivity contribution in [3.63, 3.8) is 0 Å². The van der Waals surface area contributed by atoms with E-state index in [1.807, 2.05) is 24.4 Å². The van der Waals surface area contributed by atoms with Gasteiger partial charge in [-0.15, -0.1) is 22.7 Å². The van der Waals surface area contributed by atoms with Gasteiger partial charge in [-0.25, -0.2) is 4.98 Å². The molecule has 0 radical (unpaired) electrons. The molecule has 106 valence electrons. The number of thiophene rings is 1. The number of nitrogens with zero attached hydrogens (tertiary/aromatic N) is 1. The Morgan fingerprint density at radius 1 is 1.45 bits per heavy atom. The number of carbonyl (C=O) groups excluding carboxylic acids is 1. The van der Waals surface area contributed by atoms with Gasteiger partial charge in [0.15, 0.2) is 0 Å². The molecule has 2 atom stereocenters. The van der Waals surface area contributed by atoms with Gasteiger partial charge < -0.3 is 5.32 Å². The fraction of sp³-hybridized carbons (Fsp3) is 0.467. The Morgan fingerprint density at radius 3 is 2.95 bits per heavy atom. The van der Waals surface area contributed by atoms with E-state index in [-0.39, 0.29) is 5.91 Å². The van der Waals surface area contributed by atoms with Gasteiger partial charge in [0.2, 0.25) is 0 Å². The highest BCUT2D eigenvalue weighted by Crippen LogP contribution is 2.31. The van der Waals surface area contributed by atoms with Crippen molar-refractivity contribution in [1.82, 2.24) is 10.3 Å². The van der Waals surface area contributed by atoms with Crippen LogP contribution < -0.4 is 5.32 Å². The third-order valence-corrected chi connectivity index (χ3v) is 5.96. The van der Waals surface area contributed by atoms with Crippen LogP contribution in [0.2, 0.25) is 0 Å². The van der Waals surface area contributed by atoms with Crippen molar-refractivity contribution in [2.24, 2.45) is 5.92 Å². The molecule has 1 saturated carbocycles. The lowest BCUT2D eigenvalue weighted by atomic mass is 10.1. The molecule has 2 aromatic heterocycles. The van der Waals surface area contributed by atoms with Crippen LogP contribution in [-0.4, -0.2) is 16.9 Å². The Kier molecular flexibility index (Phi) is 3.89. The third kappa shape index (κ3) is 2.79. The first-order valence-electron chi connectivity index (χ1n) is 6.95. The van der Waals surface area contributed by atoms with Crippen LogP contribution in [0.25, 0.3) is 9.88 Å². The largest absolute Gasteiger partial charge is 0.349 e. The van der Waals surface area contributed by atoms with Crippen LogP contribution in [0.3, 0.4) is 0 Å². The zero-order valence-corrected chi connectivity index (χ0v) is 13.3. The highest BCUT2D eigenvalue weighted by molar-refractivity contribution is 7.22. The van der Waals surface area contributed by atoms with E-state index < -0.39 is 0 Å². The average Bonchev–Trinajstić information content (AvgIpc) is 3.09. The summed E-state index contributed by atoms with van der Waals surface area (Å²) in [5, 5.41) is 6.14. The number of thiazole rings is 1. The topological polar surface area (TPSA) is 42.0 Å². The SMILES string of the molecule is Cc1nc(-c2cccs2)sc1C(=O)NC1CCC(C)C1. The molecule has 0 aliphatic heterocycles. The Balaban J connectivity index is 1.75. The normalized spacial score (nSPS) is 22.1. The molecule has 0 bridgehead atoms. The van der Waals surface area contributed by atoms with Gasteiger partial charge in [0.1, 0.15) is 9.88 Å². The first-order valence-corrected chi connectivity index (χ1v) is 8.65. The van der Waals surface area contributed by atoms with Crippen LogP contribution in [0.15, 0.2) is 17.5 Å². The fourth-order valence-electron chi connectivity index (χ4n) is 2.70. The van der Waals surface area contributed by atoms with Gasteiger partial charge in [0.25, 0.3) is 5.91 Å². The molecule has 0 spiro atoms. The van der Waals surface area contributed by atoms with Gasteiger partial charge >= 0.3 is 0 Å². The molecular formula is C15H18N2OS2. The summed E-state index contributed by atoms with van der Waals surface area (Å²) in [5.41, 5.74) is 0.835. The first-order chi connectivity index (χ1) is 9.63. The third-order valence-electron chi connectivity index (χ3n) is 3.76. The van der Waals surface area contributed by atoms with Crippen molar-refractivity contribution in [2.75, 3.05) is 0 Å². The lowest BCUT2D eigenvalue weighted by molar-refractivity contribution is 0.0940. The summed E-state index contributed by atoms with van der Waals surface area (Å²) in [6, 6.07) is 4.39. The second-order valence-electron chi connectivity index (χ2n) is 5.50. The van der Waals surface area contributed by atoms with E-state index in [9.17, 15) is 4.79 Å².